The van der Waals surface area contributed by atoms with E-state index in [9.17, 15) is 0 Å². The molecule has 0 unspecified atom stereocenters. The molecule has 0 aromatic rings. The van der Waals surface area contributed by atoms with Gasteiger partial charge in [-0.3, -0.25) is 0 Å². The maximum atomic E-state index is 1.66. The second-order valence-corrected chi connectivity index (χ2v) is 8.13. The van der Waals surface area contributed by atoms with E-state index in [1.54, 1.807) is 64.2 Å². The Morgan fingerprint density at radius 3 is 1.56 bits per heavy atom. The maximum Gasteiger partial charge on any atom is -0.0212 e. The molecule has 0 atom stereocenters. The maximum absolute atomic E-state index is 1.66. The monoisotopic (exact) mass is 216 g/mol. The molecule has 0 heterocycles. The molecule has 0 N–H and O–H groups in total. The fourth-order valence-electron chi connectivity index (χ4n) is 6.86. The van der Waals surface area contributed by atoms with Gasteiger partial charge in [0, 0.05) is 0 Å². The van der Waals surface area contributed by atoms with Gasteiger partial charge in [-0.25, -0.2) is 0 Å². The Morgan fingerprint density at radius 1 is 0.688 bits per heavy atom. The SMILES string of the molecule is C1C2CC3CC1CC(C1(C4CC4)CC1)(C2)C3. The summed E-state index contributed by atoms with van der Waals surface area (Å²) in [5.41, 5.74) is 1.81. The van der Waals surface area contributed by atoms with Gasteiger partial charge in [0.2, 0.25) is 0 Å². The summed E-state index contributed by atoms with van der Waals surface area (Å²) in [4.78, 5) is 0. The normalized spacial score (nSPS) is 56.6. The Morgan fingerprint density at radius 2 is 1.19 bits per heavy atom. The molecule has 0 saturated heterocycles. The molecule has 6 saturated carbocycles. The van der Waals surface area contributed by atoms with Crippen molar-refractivity contribution in [2.45, 2.75) is 64.2 Å². The van der Waals surface area contributed by atoms with E-state index in [0.29, 0.717) is 0 Å². The van der Waals surface area contributed by atoms with Gasteiger partial charge >= 0.3 is 0 Å². The standard InChI is InChI=1S/C16H24/c1-2-14(1)16(3-4-16)15-8-11-5-12(9-15)7-13(6-11)10-15/h11-14H,1-10H2. The summed E-state index contributed by atoms with van der Waals surface area (Å²) in [5.74, 6) is 4.70. The van der Waals surface area contributed by atoms with Gasteiger partial charge in [0.25, 0.3) is 0 Å². The Balaban J connectivity index is 1.56. The van der Waals surface area contributed by atoms with Crippen molar-refractivity contribution < 1.29 is 0 Å². The summed E-state index contributed by atoms with van der Waals surface area (Å²) in [6, 6.07) is 0. The molecule has 0 aromatic carbocycles. The van der Waals surface area contributed by atoms with E-state index in [4.69, 9.17) is 0 Å². The molecule has 6 aliphatic rings. The first kappa shape index (κ1) is 9.00. The fraction of sp³-hybridized carbons (Fsp3) is 1.00. The lowest BCUT2D eigenvalue weighted by atomic mass is 9.45. The van der Waals surface area contributed by atoms with E-state index in [2.05, 4.69) is 0 Å². The predicted molar refractivity (Wildman–Crippen MR) is 65.0 cm³/mol. The van der Waals surface area contributed by atoms with Crippen LogP contribution in [0.3, 0.4) is 0 Å². The highest BCUT2D eigenvalue weighted by molar-refractivity contribution is 5.18. The van der Waals surface area contributed by atoms with Crippen LogP contribution in [0.2, 0.25) is 0 Å². The Kier molecular flexibility index (Phi) is 1.43. The molecule has 6 fully saturated rings. The summed E-state index contributed by atoms with van der Waals surface area (Å²) < 4.78 is 0. The van der Waals surface area contributed by atoms with Crippen LogP contribution in [-0.2, 0) is 0 Å². The van der Waals surface area contributed by atoms with Gasteiger partial charge in [-0.2, -0.15) is 0 Å². The van der Waals surface area contributed by atoms with Crippen molar-refractivity contribution in [2.75, 3.05) is 0 Å². The zero-order valence-corrected chi connectivity index (χ0v) is 10.4. The van der Waals surface area contributed by atoms with E-state index in [1.165, 1.54) is 23.7 Å². The zero-order chi connectivity index (χ0) is 10.4. The Hall–Kier alpha value is 0. The van der Waals surface area contributed by atoms with Crippen LogP contribution >= 0.6 is 0 Å². The van der Waals surface area contributed by atoms with Crippen LogP contribution in [-0.4, -0.2) is 0 Å². The molecule has 0 spiro atoms. The Bertz CT molecular complexity index is 297. The van der Waals surface area contributed by atoms with Crippen LogP contribution in [0.25, 0.3) is 0 Å². The minimum absolute atomic E-state index is 0.892. The number of hydrogen-bond acceptors (Lipinski definition) is 0. The molecule has 0 radical (unpaired) electrons. The summed E-state index contributed by atoms with van der Waals surface area (Å²) >= 11 is 0. The number of rotatable bonds is 2. The highest BCUT2D eigenvalue weighted by Gasteiger charge is 2.68. The average Bonchev–Trinajstić information content (AvgIpc) is 3.10. The van der Waals surface area contributed by atoms with Gasteiger partial charge in [0.05, 0.1) is 0 Å². The first-order valence-corrected chi connectivity index (χ1v) is 7.80. The van der Waals surface area contributed by atoms with E-state index >= 15 is 0 Å². The first-order chi connectivity index (χ1) is 7.80. The third-order valence-corrected chi connectivity index (χ3v) is 7.24. The lowest BCUT2D eigenvalue weighted by Gasteiger charge is -2.60. The molecule has 16 heavy (non-hydrogen) atoms. The lowest BCUT2D eigenvalue weighted by molar-refractivity contribution is -0.103. The zero-order valence-electron chi connectivity index (χ0n) is 10.4. The third kappa shape index (κ3) is 0.946. The molecular formula is C16H24. The summed E-state index contributed by atoms with van der Waals surface area (Å²) in [7, 11) is 0. The molecule has 0 nitrogen and oxygen atoms in total. The van der Waals surface area contributed by atoms with E-state index in [0.717, 1.165) is 10.8 Å². The van der Waals surface area contributed by atoms with Gasteiger partial charge in [0.15, 0.2) is 0 Å². The van der Waals surface area contributed by atoms with Crippen molar-refractivity contribution in [3.05, 3.63) is 0 Å². The van der Waals surface area contributed by atoms with Crippen molar-refractivity contribution >= 4 is 0 Å². The molecule has 4 bridgehead atoms. The first-order valence-electron chi connectivity index (χ1n) is 7.80. The van der Waals surface area contributed by atoms with Crippen LogP contribution in [0.4, 0.5) is 0 Å². The molecule has 88 valence electrons. The van der Waals surface area contributed by atoms with Gasteiger partial charge in [0.1, 0.15) is 0 Å². The second kappa shape index (κ2) is 2.54. The summed E-state index contributed by atoms with van der Waals surface area (Å²) in [5, 5.41) is 0. The largest absolute Gasteiger partial charge is 0.0496 e. The fourth-order valence-corrected chi connectivity index (χ4v) is 6.86. The van der Waals surface area contributed by atoms with E-state index in [1.807, 2.05) is 0 Å². The summed E-state index contributed by atoms with van der Waals surface area (Å²) in [6.45, 7) is 0. The van der Waals surface area contributed by atoms with Gasteiger partial charge in [-0.1, -0.05) is 0 Å². The van der Waals surface area contributed by atoms with Crippen LogP contribution in [0, 0.1) is 34.5 Å². The quantitative estimate of drug-likeness (QED) is 0.642. The van der Waals surface area contributed by atoms with Crippen molar-refractivity contribution in [3.8, 4) is 0 Å². The highest BCUT2D eigenvalue weighted by atomic mass is 14.7. The highest BCUT2D eigenvalue weighted by Crippen LogP contribution is 2.78. The predicted octanol–water partition coefficient (Wildman–Crippen LogP) is 4.39. The minimum atomic E-state index is 0.892. The molecule has 6 rings (SSSR count). The smallest absolute Gasteiger partial charge is 0.0212 e. The summed E-state index contributed by atoms with van der Waals surface area (Å²) in [6.07, 6.45) is 16.3. The van der Waals surface area contributed by atoms with Crippen molar-refractivity contribution in [1.29, 1.82) is 0 Å². The van der Waals surface area contributed by atoms with Crippen LogP contribution < -0.4 is 0 Å². The van der Waals surface area contributed by atoms with Gasteiger partial charge in [-0.15, -0.1) is 0 Å². The van der Waals surface area contributed by atoms with Crippen LogP contribution in [0.5, 0.6) is 0 Å². The van der Waals surface area contributed by atoms with Crippen molar-refractivity contribution in [2.24, 2.45) is 34.5 Å². The topological polar surface area (TPSA) is 0 Å². The Labute approximate surface area is 99.2 Å². The second-order valence-electron chi connectivity index (χ2n) is 8.13. The molecule has 0 heteroatoms. The number of hydrogen-bond donors (Lipinski definition) is 0. The van der Waals surface area contributed by atoms with Crippen LogP contribution in [0.1, 0.15) is 64.2 Å². The van der Waals surface area contributed by atoms with Crippen molar-refractivity contribution in [1.82, 2.24) is 0 Å². The molecular weight excluding hydrogens is 192 g/mol. The average molecular weight is 216 g/mol. The van der Waals surface area contributed by atoms with Gasteiger partial charge < -0.3 is 0 Å². The minimum Gasteiger partial charge on any atom is -0.0496 e. The third-order valence-electron chi connectivity index (χ3n) is 7.24. The molecule has 0 amide bonds. The van der Waals surface area contributed by atoms with Crippen LogP contribution in [0.15, 0.2) is 0 Å². The molecule has 0 aromatic heterocycles. The van der Waals surface area contributed by atoms with E-state index in [-0.39, 0.29) is 0 Å². The molecule has 0 aliphatic heterocycles. The van der Waals surface area contributed by atoms with E-state index < -0.39 is 0 Å². The van der Waals surface area contributed by atoms with Crippen molar-refractivity contribution in [3.63, 3.8) is 0 Å². The lowest BCUT2D eigenvalue weighted by Crippen LogP contribution is -2.51. The molecule has 6 aliphatic carbocycles. The van der Waals surface area contributed by atoms with Gasteiger partial charge in [-0.05, 0) is 98.7 Å².